The molecule has 0 saturated carbocycles. The number of urea groups is 1. The summed E-state index contributed by atoms with van der Waals surface area (Å²) in [5.74, 6) is -0.970. The van der Waals surface area contributed by atoms with E-state index in [0.29, 0.717) is 11.3 Å². The van der Waals surface area contributed by atoms with Gasteiger partial charge in [0, 0.05) is 24.1 Å². The molecule has 0 aliphatic carbocycles. The monoisotopic (exact) mass is 346 g/mol. The van der Waals surface area contributed by atoms with Crippen molar-refractivity contribution in [3.8, 4) is 0 Å². The summed E-state index contributed by atoms with van der Waals surface area (Å²) in [4.78, 5) is 22.6. The fourth-order valence-corrected chi connectivity index (χ4v) is 2.08. The number of aryl methyl sites for hydroxylation is 1. The minimum Gasteiger partial charge on any atom is -0.481 e. The van der Waals surface area contributed by atoms with E-state index in [2.05, 4.69) is 10.6 Å². The van der Waals surface area contributed by atoms with E-state index in [1.165, 1.54) is 12.1 Å². The number of hydrogen-bond acceptors (Lipinski definition) is 2. The first-order chi connectivity index (χ1) is 11.0. The Hall–Kier alpha value is -2.25. The molecule has 3 N–H and O–H groups in total. The number of amides is 2. The van der Waals surface area contributed by atoms with E-state index in [9.17, 15) is 22.8 Å². The summed E-state index contributed by atoms with van der Waals surface area (Å²) >= 11 is 0. The average Bonchev–Trinajstić information content (AvgIpc) is 2.43. The van der Waals surface area contributed by atoms with Crippen molar-refractivity contribution in [2.24, 2.45) is 0 Å². The van der Waals surface area contributed by atoms with Gasteiger partial charge in [-0.2, -0.15) is 13.2 Å². The molecule has 2 amide bonds. The van der Waals surface area contributed by atoms with Crippen LogP contribution in [0, 0.1) is 0 Å². The van der Waals surface area contributed by atoms with E-state index in [4.69, 9.17) is 5.11 Å². The number of halogens is 3. The Balaban J connectivity index is 2.68. The SMILES string of the molecule is CC(C)(CCC(=O)O)NC(=O)Nc1ccccc1CCC(F)(F)F. The highest BCUT2D eigenvalue weighted by Gasteiger charge is 2.27. The van der Waals surface area contributed by atoms with Gasteiger partial charge in [-0.1, -0.05) is 18.2 Å². The predicted octanol–water partition coefficient (Wildman–Crippen LogP) is 3.95. The third-order valence-corrected chi connectivity index (χ3v) is 3.36. The highest BCUT2D eigenvalue weighted by atomic mass is 19.4. The molecule has 0 aromatic heterocycles. The van der Waals surface area contributed by atoms with Crippen LogP contribution in [0.25, 0.3) is 0 Å². The summed E-state index contributed by atoms with van der Waals surface area (Å²) in [5.41, 5.74) is -0.0785. The topological polar surface area (TPSA) is 78.4 Å². The number of benzene rings is 1. The summed E-state index contributed by atoms with van der Waals surface area (Å²) in [5, 5.41) is 13.8. The molecule has 24 heavy (non-hydrogen) atoms. The zero-order chi connectivity index (χ0) is 18.4. The molecule has 1 aromatic rings. The number of para-hydroxylation sites is 1. The minimum atomic E-state index is -4.27. The lowest BCUT2D eigenvalue weighted by molar-refractivity contribution is -0.137. The van der Waals surface area contributed by atoms with Gasteiger partial charge in [0.2, 0.25) is 0 Å². The number of anilines is 1. The minimum absolute atomic E-state index is 0.102. The van der Waals surface area contributed by atoms with E-state index < -0.39 is 30.1 Å². The van der Waals surface area contributed by atoms with Gasteiger partial charge in [0.25, 0.3) is 0 Å². The second-order valence-corrected chi connectivity index (χ2v) is 6.13. The summed E-state index contributed by atoms with van der Waals surface area (Å²) in [6, 6.07) is 5.67. The lowest BCUT2D eigenvalue weighted by Gasteiger charge is -2.26. The van der Waals surface area contributed by atoms with Gasteiger partial charge in [-0.15, -0.1) is 0 Å². The number of alkyl halides is 3. The van der Waals surface area contributed by atoms with Crippen molar-refractivity contribution in [3.63, 3.8) is 0 Å². The summed E-state index contributed by atoms with van der Waals surface area (Å²) < 4.78 is 37.1. The van der Waals surface area contributed by atoms with E-state index in [-0.39, 0.29) is 19.3 Å². The van der Waals surface area contributed by atoms with Crippen molar-refractivity contribution in [1.82, 2.24) is 5.32 Å². The van der Waals surface area contributed by atoms with E-state index in [1.54, 1.807) is 26.0 Å². The van der Waals surface area contributed by atoms with Gasteiger partial charge in [-0.05, 0) is 38.3 Å². The molecule has 5 nitrogen and oxygen atoms in total. The molecule has 0 radical (unpaired) electrons. The van der Waals surface area contributed by atoms with Crippen LogP contribution in [0.3, 0.4) is 0 Å². The Morgan fingerprint density at radius 2 is 1.75 bits per heavy atom. The standard InChI is InChI=1S/C16H21F3N2O3/c1-15(2,9-8-13(22)23)21-14(24)20-12-6-4-3-5-11(12)7-10-16(17,18)19/h3-6H,7-10H2,1-2H3,(H,22,23)(H2,20,21,24). The maximum atomic E-state index is 12.4. The number of carboxylic acid groups (broad SMARTS) is 1. The molecule has 0 atom stereocenters. The first kappa shape index (κ1) is 19.8. The van der Waals surface area contributed by atoms with Crippen LogP contribution in [0.1, 0.15) is 38.7 Å². The second-order valence-electron chi connectivity index (χ2n) is 6.13. The van der Waals surface area contributed by atoms with Crippen LogP contribution in [0.4, 0.5) is 23.7 Å². The highest BCUT2D eigenvalue weighted by molar-refractivity contribution is 5.90. The Bertz CT molecular complexity index is 586. The zero-order valence-electron chi connectivity index (χ0n) is 13.5. The van der Waals surface area contributed by atoms with Crippen molar-refractivity contribution in [3.05, 3.63) is 29.8 Å². The Labute approximate surface area is 138 Å². The quantitative estimate of drug-likeness (QED) is 0.699. The maximum Gasteiger partial charge on any atom is 0.389 e. The molecule has 8 heteroatoms. The smallest absolute Gasteiger partial charge is 0.389 e. The van der Waals surface area contributed by atoms with Crippen molar-refractivity contribution < 1.29 is 27.9 Å². The largest absolute Gasteiger partial charge is 0.481 e. The van der Waals surface area contributed by atoms with Gasteiger partial charge in [0.05, 0.1) is 0 Å². The lowest BCUT2D eigenvalue weighted by atomic mass is 9.99. The fourth-order valence-electron chi connectivity index (χ4n) is 2.08. The zero-order valence-corrected chi connectivity index (χ0v) is 13.5. The molecule has 0 aliphatic rings. The van der Waals surface area contributed by atoms with Crippen molar-refractivity contribution in [2.45, 2.75) is 51.2 Å². The molecular weight excluding hydrogens is 325 g/mol. The molecular formula is C16H21F3N2O3. The Morgan fingerprint density at radius 3 is 2.33 bits per heavy atom. The van der Waals surface area contributed by atoms with E-state index >= 15 is 0 Å². The summed E-state index contributed by atoms with van der Waals surface area (Å²) in [6.07, 6.45) is -5.35. The predicted molar refractivity (Wildman–Crippen MR) is 83.9 cm³/mol. The van der Waals surface area contributed by atoms with Gasteiger partial charge >= 0.3 is 18.2 Å². The van der Waals surface area contributed by atoms with Crippen LogP contribution in [-0.2, 0) is 11.2 Å². The van der Waals surface area contributed by atoms with Gasteiger partial charge in [0.1, 0.15) is 0 Å². The normalized spacial score (nSPS) is 11.9. The molecule has 0 bridgehead atoms. The highest BCUT2D eigenvalue weighted by Crippen LogP contribution is 2.25. The lowest BCUT2D eigenvalue weighted by Crippen LogP contribution is -2.45. The number of carbonyl (C=O) groups excluding carboxylic acids is 1. The third kappa shape index (κ3) is 7.85. The van der Waals surface area contributed by atoms with Crippen LogP contribution in [0.2, 0.25) is 0 Å². The van der Waals surface area contributed by atoms with Gasteiger partial charge in [-0.25, -0.2) is 4.79 Å². The number of nitrogens with one attached hydrogen (secondary N) is 2. The number of carboxylic acids is 1. The molecule has 0 fully saturated rings. The number of aliphatic carboxylic acids is 1. The molecule has 0 aliphatic heterocycles. The van der Waals surface area contributed by atoms with E-state index in [1.807, 2.05) is 0 Å². The Morgan fingerprint density at radius 1 is 1.12 bits per heavy atom. The van der Waals surface area contributed by atoms with Crippen LogP contribution in [0.15, 0.2) is 24.3 Å². The first-order valence-electron chi connectivity index (χ1n) is 7.44. The summed E-state index contributed by atoms with van der Waals surface area (Å²) in [6.45, 7) is 3.34. The molecule has 0 saturated heterocycles. The second kappa shape index (κ2) is 8.03. The van der Waals surface area contributed by atoms with Crippen LogP contribution < -0.4 is 10.6 Å². The first-order valence-corrected chi connectivity index (χ1v) is 7.44. The van der Waals surface area contributed by atoms with Gasteiger partial charge < -0.3 is 15.7 Å². The van der Waals surface area contributed by atoms with Crippen LogP contribution in [-0.4, -0.2) is 28.8 Å². The number of rotatable bonds is 7. The molecule has 1 rings (SSSR count). The van der Waals surface area contributed by atoms with E-state index in [0.717, 1.165) is 0 Å². The fraction of sp³-hybridized carbons (Fsp3) is 0.500. The van der Waals surface area contributed by atoms with Gasteiger partial charge in [-0.3, -0.25) is 4.79 Å². The van der Waals surface area contributed by atoms with Crippen LogP contribution >= 0.6 is 0 Å². The number of hydrogen-bond donors (Lipinski definition) is 3. The Kier molecular flexibility index (Phi) is 6.62. The third-order valence-electron chi connectivity index (χ3n) is 3.36. The summed E-state index contributed by atoms with van der Waals surface area (Å²) in [7, 11) is 0. The van der Waals surface area contributed by atoms with Crippen molar-refractivity contribution >= 4 is 17.7 Å². The van der Waals surface area contributed by atoms with Crippen molar-refractivity contribution in [1.29, 1.82) is 0 Å². The van der Waals surface area contributed by atoms with Crippen molar-refractivity contribution in [2.75, 3.05) is 5.32 Å². The molecule has 0 heterocycles. The average molecular weight is 346 g/mol. The van der Waals surface area contributed by atoms with Gasteiger partial charge in [0.15, 0.2) is 0 Å². The molecule has 0 spiro atoms. The molecule has 0 unspecified atom stereocenters. The molecule has 1 aromatic carbocycles. The molecule has 134 valence electrons. The van der Waals surface area contributed by atoms with Crippen LogP contribution in [0.5, 0.6) is 0 Å². The number of carbonyl (C=O) groups is 2. The maximum absolute atomic E-state index is 12.4.